The summed E-state index contributed by atoms with van der Waals surface area (Å²) in [7, 11) is -1.20. The van der Waals surface area contributed by atoms with Crippen LogP contribution in [0, 0.1) is 13.8 Å². The Kier molecular flexibility index (Phi) is 6.46. The van der Waals surface area contributed by atoms with Crippen molar-refractivity contribution in [3.63, 3.8) is 0 Å². The summed E-state index contributed by atoms with van der Waals surface area (Å²) in [6.07, 6.45) is 4.14. The summed E-state index contributed by atoms with van der Waals surface area (Å²) >= 11 is 0. The van der Waals surface area contributed by atoms with Gasteiger partial charge < -0.3 is 15.2 Å². The first-order valence-electron chi connectivity index (χ1n) is 9.20. The summed E-state index contributed by atoms with van der Waals surface area (Å²) in [5.41, 5.74) is 8.16. The molecule has 2 N–H and O–H groups in total. The van der Waals surface area contributed by atoms with E-state index in [2.05, 4.69) is 10.1 Å². The van der Waals surface area contributed by atoms with E-state index in [4.69, 9.17) is 10.3 Å². The zero-order valence-corrected chi connectivity index (χ0v) is 17.8. The highest BCUT2D eigenvalue weighted by molar-refractivity contribution is 7.84. The molecule has 0 aliphatic carbocycles. The fraction of sp³-hybridized carbons (Fsp3) is 0.300. The first-order chi connectivity index (χ1) is 14.3. The number of hydrogen-bond donors (Lipinski definition) is 1. The second-order valence-electron chi connectivity index (χ2n) is 6.79. The summed E-state index contributed by atoms with van der Waals surface area (Å²) in [6.45, 7) is 3.96. The quantitative estimate of drug-likeness (QED) is 0.530. The normalized spacial score (nSPS) is 16.2. The molecule has 1 atom stereocenters. The maximum Gasteiger partial charge on any atom is 0.332 e. The smallest absolute Gasteiger partial charge is 0.332 e. The molecule has 2 heterocycles. The second-order valence-corrected chi connectivity index (χ2v) is 8.14. The van der Waals surface area contributed by atoms with Gasteiger partial charge in [-0.3, -0.25) is 14.0 Å². The molecule has 0 radical (unpaired) electrons. The van der Waals surface area contributed by atoms with Crippen LogP contribution in [0.5, 0.6) is 0 Å². The largest absolute Gasteiger partial charge is 0.403 e. The van der Waals surface area contributed by atoms with Gasteiger partial charge in [-0.15, -0.1) is 0 Å². The van der Waals surface area contributed by atoms with E-state index in [-0.39, 0.29) is 25.3 Å². The number of amides is 3. The first-order valence-corrected chi connectivity index (χ1v) is 10.8. The van der Waals surface area contributed by atoms with Crippen LogP contribution in [0.2, 0.25) is 0 Å². The van der Waals surface area contributed by atoms with E-state index in [1.165, 1.54) is 17.3 Å². The highest BCUT2D eigenvalue weighted by Gasteiger charge is 2.38. The molecule has 9 nitrogen and oxygen atoms in total. The monoisotopic (exact) mass is 429 g/mol. The third kappa shape index (κ3) is 4.33. The Morgan fingerprint density at radius 1 is 1.33 bits per heavy atom. The van der Waals surface area contributed by atoms with E-state index in [1.54, 1.807) is 37.4 Å². The molecular formula is C20H23N5O4S. The molecule has 0 spiro atoms. The molecule has 3 rings (SSSR count). The summed E-state index contributed by atoms with van der Waals surface area (Å²) < 4.78 is 17.0. The predicted molar refractivity (Wildman–Crippen MR) is 112 cm³/mol. The number of urea groups is 1. The standard InChI is InChI=1S/C20H23N5O4S/c1-13-17(14(2)29-23-13)10-22-9-16(8-21)25-19(26)12-24(20(25)27)11-15-6-4-5-7-18(15)30(3)28/h4-9H,10-12,21H2,1-3H3. The Bertz CT molecular complexity index is 1040. The SMILES string of the molecule is Cc1noc(C)c1CN=CC(=CN)N1C(=O)CN(Cc2ccccc2S(C)=O)C1=O. The molecule has 2 aromatic rings. The van der Waals surface area contributed by atoms with Gasteiger partial charge >= 0.3 is 6.03 Å². The van der Waals surface area contributed by atoms with Gasteiger partial charge in [0.15, 0.2) is 0 Å². The maximum absolute atomic E-state index is 12.9. The summed E-state index contributed by atoms with van der Waals surface area (Å²) in [4.78, 5) is 32.7. The number of aliphatic imine (C=N–C) groups is 1. The van der Waals surface area contributed by atoms with Crippen LogP contribution < -0.4 is 5.73 Å². The van der Waals surface area contributed by atoms with Gasteiger partial charge in [0.25, 0.3) is 5.91 Å². The molecule has 1 aromatic carbocycles. The van der Waals surface area contributed by atoms with Crippen molar-refractivity contribution < 1.29 is 18.3 Å². The fourth-order valence-corrected chi connectivity index (χ4v) is 3.95. The minimum absolute atomic E-state index is 0.0986. The molecule has 3 amide bonds. The van der Waals surface area contributed by atoms with Gasteiger partial charge in [0, 0.05) is 35.7 Å². The molecule has 1 aliphatic rings. The molecule has 1 fully saturated rings. The highest BCUT2D eigenvalue weighted by atomic mass is 32.2. The van der Waals surface area contributed by atoms with E-state index in [1.807, 2.05) is 6.92 Å². The molecule has 158 valence electrons. The lowest BCUT2D eigenvalue weighted by Gasteiger charge is -2.18. The second kappa shape index (κ2) is 9.04. The van der Waals surface area contributed by atoms with Gasteiger partial charge in [-0.05, 0) is 25.5 Å². The van der Waals surface area contributed by atoms with Gasteiger partial charge in [0.2, 0.25) is 0 Å². The number of allylic oxidation sites excluding steroid dienone is 1. The minimum atomic E-state index is -1.20. The third-order valence-corrected chi connectivity index (χ3v) is 5.78. The summed E-state index contributed by atoms with van der Waals surface area (Å²) in [5, 5.41) is 3.87. The van der Waals surface area contributed by atoms with Crippen molar-refractivity contribution in [1.82, 2.24) is 15.0 Å². The first kappa shape index (κ1) is 21.4. The molecule has 10 heteroatoms. The maximum atomic E-state index is 12.9. The van der Waals surface area contributed by atoms with Crippen molar-refractivity contribution in [2.45, 2.75) is 31.8 Å². The van der Waals surface area contributed by atoms with Crippen LogP contribution in [0.15, 0.2) is 50.6 Å². The van der Waals surface area contributed by atoms with E-state index in [0.717, 1.165) is 21.7 Å². The molecule has 1 saturated heterocycles. The zero-order valence-electron chi connectivity index (χ0n) is 17.0. The van der Waals surface area contributed by atoms with Crippen molar-refractivity contribution in [3.8, 4) is 0 Å². The highest BCUT2D eigenvalue weighted by Crippen LogP contribution is 2.21. The van der Waals surface area contributed by atoms with Crippen LogP contribution in [0.25, 0.3) is 0 Å². The Morgan fingerprint density at radius 2 is 2.07 bits per heavy atom. The topological polar surface area (TPSA) is 122 Å². The molecule has 0 bridgehead atoms. The Hall–Kier alpha value is -3.27. The van der Waals surface area contributed by atoms with E-state index in [0.29, 0.717) is 10.7 Å². The van der Waals surface area contributed by atoms with Crippen molar-refractivity contribution in [2.24, 2.45) is 10.7 Å². The van der Waals surface area contributed by atoms with Gasteiger partial charge in [-0.25, -0.2) is 9.69 Å². The number of aryl methyl sites for hydroxylation is 2. The number of imide groups is 1. The number of carbonyl (C=O) groups is 2. The van der Waals surface area contributed by atoms with Crippen LogP contribution in [0.3, 0.4) is 0 Å². The molecule has 1 aliphatic heterocycles. The number of carbonyl (C=O) groups excluding carboxylic acids is 2. The predicted octanol–water partition coefficient (Wildman–Crippen LogP) is 1.86. The van der Waals surface area contributed by atoms with Crippen LogP contribution in [-0.2, 0) is 28.7 Å². The van der Waals surface area contributed by atoms with Crippen LogP contribution in [-0.4, -0.2) is 50.1 Å². The number of aromatic nitrogens is 1. The number of nitrogens with zero attached hydrogens (tertiary/aromatic N) is 4. The molecule has 0 saturated carbocycles. The van der Waals surface area contributed by atoms with Gasteiger partial charge in [-0.2, -0.15) is 0 Å². The van der Waals surface area contributed by atoms with E-state index in [9.17, 15) is 13.8 Å². The molecule has 1 aromatic heterocycles. The average Bonchev–Trinajstić information content (AvgIpc) is 3.18. The lowest BCUT2D eigenvalue weighted by molar-refractivity contribution is -0.123. The zero-order chi connectivity index (χ0) is 21.8. The van der Waals surface area contributed by atoms with Crippen molar-refractivity contribution >= 4 is 29.0 Å². The lowest BCUT2D eigenvalue weighted by atomic mass is 10.2. The van der Waals surface area contributed by atoms with Crippen molar-refractivity contribution in [3.05, 3.63) is 58.7 Å². The van der Waals surface area contributed by atoms with Crippen LogP contribution in [0.1, 0.15) is 22.6 Å². The summed E-state index contributed by atoms with van der Waals surface area (Å²) in [6, 6.07) is 6.63. The van der Waals surface area contributed by atoms with E-state index < -0.39 is 22.7 Å². The Morgan fingerprint density at radius 3 is 2.70 bits per heavy atom. The third-order valence-electron chi connectivity index (χ3n) is 4.76. The number of hydrogen-bond acceptors (Lipinski definition) is 7. The van der Waals surface area contributed by atoms with Gasteiger partial charge in [0.05, 0.1) is 28.7 Å². The summed E-state index contributed by atoms with van der Waals surface area (Å²) in [5.74, 6) is 0.255. The Labute approximate surface area is 176 Å². The number of nitrogens with two attached hydrogens (primary N) is 1. The average molecular weight is 430 g/mol. The molecular weight excluding hydrogens is 406 g/mol. The number of benzene rings is 1. The van der Waals surface area contributed by atoms with Gasteiger partial charge in [0.1, 0.15) is 12.3 Å². The van der Waals surface area contributed by atoms with Crippen molar-refractivity contribution in [1.29, 1.82) is 0 Å². The molecule has 30 heavy (non-hydrogen) atoms. The fourth-order valence-electron chi connectivity index (χ4n) is 3.18. The minimum Gasteiger partial charge on any atom is -0.403 e. The van der Waals surface area contributed by atoms with E-state index >= 15 is 0 Å². The molecule has 1 unspecified atom stereocenters. The van der Waals surface area contributed by atoms with Crippen molar-refractivity contribution in [2.75, 3.05) is 12.8 Å². The van der Waals surface area contributed by atoms with Gasteiger partial charge in [-0.1, -0.05) is 23.4 Å². The van der Waals surface area contributed by atoms with Crippen LogP contribution in [0.4, 0.5) is 4.79 Å². The lowest BCUT2D eigenvalue weighted by Crippen LogP contribution is -2.33. The Balaban J connectivity index is 1.75. The van der Waals surface area contributed by atoms with Crippen LogP contribution >= 0.6 is 0 Å². The number of rotatable bonds is 7.